The third-order valence-corrected chi connectivity index (χ3v) is 5.48. The number of hydrogen-bond acceptors (Lipinski definition) is 6. The van der Waals surface area contributed by atoms with E-state index in [1.807, 2.05) is 6.20 Å². The van der Waals surface area contributed by atoms with E-state index in [1.54, 1.807) is 22.7 Å². The first-order valence-corrected chi connectivity index (χ1v) is 8.89. The summed E-state index contributed by atoms with van der Waals surface area (Å²) in [5, 5.41) is 7.50. The summed E-state index contributed by atoms with van der Waals surface area (Å²) in [6.45, 7) is 6.43. The highest BCUT2D eigenvalue weighted by molar-refractivity contribution is 7.19. The lowest BCUT2D eigenvalue weighted by Crippen LogP contribution is -2.37. The van der Waals surface area contributed by atoms with Gasteiger partial charge in [-0.05, 0) is 33.1 Å². The molecule has 0 spiro atoms. The Morgan fingerprint density at radius 1 is 1.45 bits per heavy atom. The highest BCUT2D eigenvalue weighted by atomic mass is 32.1. The molecule has 0 aliphatic carbocycles. The van der Waals surface area contributed by atoms with Gasteiger partial charge in [0.05, 0.1) is 10.6 Å². The number of aromatic nitrogens is 2. The summed E-state index contributed by atoms with van der Waals surface area (Å²) in [5.41, 5.74) is 1.04. The van der Waals surface area contributed by atoms with E-state index < -0.39 is 0 Å². The number of nitrogens with zero attached hydrogens (tertiary/aromatic N) is 3. The lowest BCUT2D eigenvalue weighted by molar-refractivity contribution is 0.484. The molecule has 0 saturated carbocycles. The van der Waals surface area contributed by atoms with Gasteiger partial charge in [0.25, 0.3) is 0 Å². The van der Waals surface area contributed by atoms with Crippen LogP contribution in [0.1, 0.15) is 33.1 Å². The number of rotatable bonds is 4. The van der Waals surface area contributed by atoms with Crippen molar-refractivity contribution in [2.45, 2.75) is 39.2 Å². The van der Waals surface area contributed by atoms with E-state index in [0.717, 1.165) is 33.9 Å². The number of anilines is 2. The zero-order valence-corrected chi connectivity index (χ0v) is 13.6. The Morgan fingerprint density at radius 3 is 3.15 bits per heavy atom. The minimum absolute atomic E-state index is 0.607. The van der Waals surface area contributed by atoms with Gasteiger partial charge in [-0.3, -0.25) is 0 Å². The molecule has 3 rings (SSSR count). The van der Waals surface area contributed by atoms with Gasteiger partial charge in [0.2, 0.25) is 0 Å². The Kier molecular flexibility index (Phi) is 4.21. The van der Waals surface area contributed by atoms with E-state index >= 15 is 0 Å². The molecule has 0 amide bonds. The van der Waals surface area contributed by atoms with Crippen LogP contribution in [0.3, 0.4) is 0 Å². The van der Waals surface area contributed by atoms with Gasteiger partial charge in [0.15, 0.2) is 10.3 Å². The van der Waals surface area contributed by atoms with Gasteiger partial charge < -0.3 is 10.2 Å². The van der Waals surface area contributed by atoms with Crippen molar-refractivity contribution >= 4 is 32.9 Å². The molecule has 1 saturated heterocycles. The highest BCUT2D eigenvalue weighted by Crippen LogP contribution is 2.35. The van der Waals surface area contributed by atoms with Crippen molar-refractivity contribution in [2.75, 3.05) is 23.3 Å². The van der Waals surface area contributed by atoms with Crippen LogP contribution < -0.4 is 10.2 Å². The first-order valence-electron chi connectivity index (χ1n) is 7.20. The van der Waals surface area contributed by atoms with Crippen molar-refractivity contribution in [1.29, 1.82) is 0 Å². The SMILES string of the molecule is CCNc1nc(-c2cnc(N3CCCCC3C)s2)cs1. The fourth-order valence-electron chi connectivity index (χ4n) is 2.52. The molecule has 0 bridgehead atoms. The molecule has 1 unspecified atom stereocenters. The molecule has 1 aliphatic heterocycles. The molecule has 108 valence electrons. The van der Waals surface area contributed by atoms with Crippen LogP contribution in [0.4, 0.5) is 10.3 Å². The summed E-state index contributed by atoms with van der Waals surface area (Å²) in [7, 11) is 0. The molecular weight excluding hydrogens is 288 g/mol. The minimum atomic E-state index is 0.607. The average Bonchev–Trinajstić information content (AvgIpc) is 3.08. The second-order valence-corrected chi connectivity index (χ2v) is 6.98. The predicted molar refractivity (Wildman–Crippen MR) is 88.0 cm³/mol. The number of nitrogens with one attached hydrogen (secondary N) is 1. The molecule has 3 heterocycles. The zero-order valence-electron chi connectivity index (χ0n) is 11.9. The van der Waals surface area contributed by atoms with Crippen LogP contribution in [0.2, 0.25) is 0 Å². The average molecular weight is 308 g/mol. The highest BCUT2D eigenvalue weighted by Gasteiger charge is 2.21. The fraction of sp³-hybridized carbons (Fsp3) is 0.571. The maximum atomic E-state index is 4.61. The Morgan fingerprint density at radius 2 is 2.35 bits per heavy atom. The number of piperidine rings is 1. The Labute approximate surface area is 127 Å². The van der Waals surface area contributed by atoms with Crippen molar-refractivity contribution in [3.63, 3.8) is 0 Å². The molecule has 6 heteroatoms. The summed E-state index contributed by atoms with van der Waals surface area (Å²) in [6.07, 6.45) is 5.86. The molecule has 0 aromatic carbocycles. The lowest BCUT2D eigenvalue weighted by Gasteiger charge is -2.32. The summed E-state index contributed by atoms with van der Waals surface area (Å²) >= 11 is 3.42. The smallest absolute Gasteiger partial charge is 0.186 e. The third-order valence-electron chi connectivity index (χ3n) is 3.63. The number of hydrogen-bond donors (Lipinski definition) is 1. The predicted octanol–water partition coefficient (Wildman–Crippen LogP) is 4.08. The molecule has 1 N–H and O–H groups in total. The number of thiazole rings is 2. The van der Waals surface area contributed by atoms with Crippen molar-refractivity contribution < 1.29 is 0 Å². The van der Waals surface area contributed by atoms with Crippen LogP contribution in [0.25, 0.3) is 10.6 Å². The standard InChI is InChI=1S/C14H20N4S2/c1-3-15-13-17-11(9-19-13)12-8-16-14(20-12)18-7-5-4-6-10(18)2/h8-10H,3-7H2,1-2H3,(H,15,17). The van der Waals surface area contributed by atoms with Gasteiger partial charge >= 0.3 is 0 Å². The minimum Gasteiger partial charge on any atom is -0.362 e. The first-order chi connectivity index (χ1) is 9.78. The van der Waals surface area contributed by atoms with Crippen molar-refractivity contribution in [3.05, 3.63) is 11.6 Å². The summed E-state index contributed by atoms with van der Waals surface area (Å²) < 4.78 is 0. The van der Waals surface area contributed by atoms with Crippen molar-refractivity contribution in [1.82, 2.24) is 9.97 Å². The summed E-state index contributed by atoms with van der Waals surface area (Å²) in [4.78, 5) is 12.8. The second kappa shape index (κ2) is 6.10. The van der Waals surface area contributed by atoms with E-state index in [-0.39, 0.29) is 0 Å². The molecule has 1 fully saturated rings. The molecule has 1 atom stereocenters. The van der Waals surface area contributed by atoms with E-state index in [4.69, 9.17) is 0 Å². The second-order valence-electron chi connectivity index (χ2n) is 5.11. The topological polar surface area (TPSA) is 41.1 Å². The lowest BCUT2D eigenvalue weighted by atomic mass is 10.1. The van der Waals surface area contributed by atoms with Gasteiger partial charge in [0, 0.05) is 30.7 Å². The molecule has 2 aromatic heterocycles. The first kappa shape index (κ1) is 13.8. The zero-order chi connectivity index (χ0) is 13.9. The molecule has 1 aliphatic rings. The maximum Gasteiger partial charge on any atom is 0.186 e. The van der Waals surface area contributed by atoms with E-state index in [0.29, 0.717) is 6.04 Å². The quantitative estimate of drug-likeness (QED) is 0.924. The van der Waals surface area contributed by atoms with Crippen LogP contribution in [0.5, 0.6) is 0 Å². The van der Waals surface area contributed by atoms with Crippen LogP contribution in [0, 0.1) is 0 Å². The molecule has 2 aromatic rings. The Bertz CT molecular complexity index is 563. The maximum absolute atomic E-state index is 4.61. The van der Waals surface area contributed by atoms with Crippen LogP contribution in [-0.2, 0) is 0 Å². The van der Waals surface area contributed by atoms with Gasteiger partial charge in [-0.1, -0.05) is 11.3 Å². The van der Waals surface area contributed by atoms with E-state index in [1.165, 1.54) is 19.3 Å². The largest absolute Gasteiger partial charge is 0.362 e. The monoisotopic (exact) mass is 308 g/mol. The Balaban J connectivity index is 1.78. The van der Waals surface area contributed by atoms with Gasteiger partial charge in [-0.25, -0.2) is 9.97 Å². The van der Waals surface area contributed by atoms with Gasteiger partial charge in [-0.2, -0.15) is 0 Å². The third kappa shape index (κ3) is 2.81. The fourth-order valence-corrected chi connectivity index (χ4v) is 4.38. The van der Waals surface area contributed by atoms with Crippen LogP contribution >= 0.6 is 22.7 Å². The van der Waals surface area contributed by atoms with Crippen LogP contribution in [-0.4, -0.2) is 29.1 Å². The van der Waals surface area contributed by atoms with Crippen LogP contribution in [0.15, 0.2) is 11.6 Å². The molecule has 20 heavy (non-hydrogen) atoms. The normalized spacial score (nSPS) is 19.3. The summed E-state index contributed by atoms with van der Waals surface area (Å²) in [6, 6.07) is 0.607. The van der Waals surface area contributed by atoms with Gasteiger partial charge in [-0.15, -0.1) is 11.3 Å². The van der Waals surface area contributed by atoms with E-state index in [2.05, 4.69) is 39.4 Å². The van der Waals surface area contributed by atoms with Gasteiger partial charge in [0.1, 0.15) is 0 Å². The summed E-state index contributed by atoms with van der Waals surface area (Å²) in [5.74, 6) is 0. The molecular formula is C14H20N4S2. The van der Waals surface area contributed by atoms with E-state index in [9.17, 15) is 0 Å². The molecule has 0 radical (unpaired) electrons. The Hall–Kier alpha value is -1.14. The molecule has 4 nitrogen and oxygen atoms in total. The van der Waals surface area contributed by atoms with Crippen molar-refractivity contribution in [2.24, 2.45) is 0 Å². The van der Waals surface area contributed by atoms with Crippen molar-refractivity contribution in [3.8, 4) is 10.6 Å².